The van der Waals surface area contributed by atoms with Crippen LogP contribution in [0, 0.1) is 17.3 Å². The van der Waals surface area contributed by atoms with E-state index in [1.807, 2.05) is 0 Å². The second-order valence-electron chi connectivity index (χ2n) is 13.7. The number of hydrogen-bond acceptors (Lipinski definition) is 5. The zero-order valence-electron chi connectivity index (χ0n) is 24.3. The minimum Gasteiger partial charge on any atom is -0.497 e. The van der Waals surface area contributed by atoms with Crippen molar-refractivity contribution >= 4 is 5.97 Å². The number of carbonyl (C=O) groups is 1. The highest BCUT2D eigenvalue weighted by molar-refractivity contribution is 5.86. The molecule has 6 rings (SSSR count). The molecule has 2 heterocycles. The van der Waals surface area contributed by atoms with Crippen molar-refractivity contribution in [3.05, 3.63) is 11.3 Å². The number of aliphatic carboxylic acids is 1. The maximum atomic E-state index is 12.2. The number of hydrogen-bond donors (Lipinski definition) is 1. The van der Waals surface area contributed by atoms with E-state index in [1.165, 1.54) is 19.3 Å². The van der Waals surface area contributed by atoms with Gasteiger partial charge in [0.25, 0.3) is 0 Å². The Kier molecular flexibility index (Phi) is 8.53. The maximum Gasteiger partial charge on any atom is 0.334 e. The Labute approximate surface area is 230 Å². The summed E-state index contributed by atoms with van der Waals surface area (Å²) in [5, 5.41) is 10.0. The van der Waals surface area contributed by atoms with E-state index >= 15 is 0 Å². The lowest BCUT2D eigenvalue weighted by Gasteiger charge is -2.62. The Morgan fingerprint density at radius 3 is 1.89 bits per heavy atom. The number of allylic oxidation sites excluding steroid dienone is 1. The topological polar surface area (TPSA) is 74.2 Å². The fraction of sp³-hybridized carbons (Fsp3) is 0.906. The molecule has 0 aromatic carbocycles. The fourth-order valence-corrected chi connectivity index (χ4v) is 9.35. The summed E-state index contributed by atoms with van der Waals surface area (Å²) in [4.78, 5) is 12.2. The second kappa shape index (κ2) is 11.4. The maximum absolute atomic E-state index is 12.2. The van der Waals surface area contributed by atoms with E-state index in [0.29, 0.717) is 24.0 Å². The van der Waals surface area contributed by atoms with Crippen molar-refractivity contribution in [3.63, 3.8) is 0 Å². The van der Waals surface area contributed by atoms with Crippen molar-refractivity contribution in [2.24, 2.45) is 17.3 Å². The van der Waals surface area contributed by atoms with Crippen LogP contribution in [0.3, 0.4) is 0 Å². The van der Waals surface area contributed by atoms with E-state index in [-0.39, 0.29) is 22.2 Å². The van der Waals surface area contributed by atoms with Gasteiger partial charge in [0.1, 0.15) is 5.76 Å². The Morgan fingerprint density at radius 1 is 0.868 bits per heavy atom. The van der Waals surface area contributed by atoms with Crippen LogP contribution in [-0.2, 0) is 23.7 Å². The first kappa shape index (κ1) is 28.4. The van der Waals surface area contributed by atoms with Gasteiger partial charge in [-0.15, -0.1) is 0 Å². The molecule has 6 heteroatoms. The van der Waals surface area contributed by atoms with Crippen LogP contribution >= 0.6 is 0 Å². The molecule has 4 bridgehead atoms. The van der Waals surface area contributed by atoms with Crippen LogP contribution in [0.1, 0.15) is 124 Å². The molecular weight excluding hydrogens is 480 g/mol. The number of ether oxygens (including phenoxy) is 4. The van der Waals surface area contributed by atoms with E-state index in [0.717, 1.165) is 109 Å². The van der Waals surface area contributed by atoms with E-state index in [1.54, 1.807) is 6.92 Å². The molecule has 0 amide bonds. The van der Waals surface area contributed by atoms with Crippen LogP contribution in [0.15, 0.2) is 11.3 Å². The highest BCUT2D eigenvalue weighted by Gasteiger charge is 2.61. The number of carboxylic acids is 1. The minimum absolute atomic E-state index is 0.0304. The zero-order chi connectivity index (χ0) is 26.9. The molecule has 38 heavy (non-hydrogen) atoms. The largest absolute Gasteiger partial charge is 0.497 e. The third-order valence-corrected chi connectivity index (χ3v) is 10.7. The smallest absolute Gasteiger partial charge is 0.334 e. The molecule has 4 unspecified atom stereocenters. The molecule has 2 saturated heterocycles. The van der Waals surface area contributed by atoms with Gasteiger partial charge in [-0.05, 0) is 109 Å². The van der Waals surface area contributed by atoms with Crippen LogP contribution in [0.5, 0.6) is 0 Å². The average molecular weight is 533 g/mol. The molecule has 4 atom stereocenters. The summed E-state index contributed by atoms with van der Waals surface area (Å²) in [6, 6.07) is 0. The minimum atomic E-state index is -0.850. The van der Waals surface area contributed by atoms with Gasteiger partial charge in [0.15, 0.2) is 0 Å². The molecule has 6 aliphatic rings. The number of rotatable bonds is 16. The summed E-state index contributed by atoms with van der Waals surface area (Å²) in [5.41, 5.74) is 0.211. The molecule has 4 aliphatic carbocycles. The lowest BCUT2D eigenvalue weighted by atomic mass is 9.47. The molecule has 4 saturated carbocycles. The van der Waals surface area contributed by atoms with Gasteiger partial charge in [-0.1, -0.05) is 26.7 Å². The van der Waals surface area contributed by atoms with Gasteiger partial charge in [-0.25, -0.2) is 4.79 Å². The Morgan fingerprint density at radius 2 is 1.42 bits per heavy atom. The van der Waals surface area contributed by atoms with Gasteiger partial charge < -0.3 is 24.1 Å². The summed E-state index contributed by atoms with van der Waals surface area (Å²) in [7, 11) is 0. The summed E-state index contributed by atoms with van der Waals surface area (Å²) in [5.74, 6) is 1.12. The van der Waals surface area contributed by atoms with Crippen LogP contribution < -0.4 is 0 Å². The summed E-state index contributed by atoms with van der Waals surface area (Å²) < 4.78 is 25.3. The van der Waals surface area contributed by atoms with Crippen molar-refractivity contribution in [1.29, 1.82) is 0 Å². The van der Waals surface area contributed by atoms with Crippen LogP contribution in [0.4, 0.5) is 0 Å². The predicted octanol–water partition coefficient (Wildman–Crippen LogP) is 7.20. The first-order chi connectivity index (χ1) is 18.3. The molecule has 0 spiro atoms. The predicted molar refractivity (Wildman–Crippen MR) is 147 cm³/mol. The third kappa shape index (κ3) is 5.69. The number of carboxylic acid groups (broad SMARTS) is 1. The normalized spacial score (nSPS) is 39.9. The molecule has 2 aliphatic heterocycles. The van der Waals surface area contributed by atoms with Gasteiger partial charge in [0.05, 0.1) is 42.2 Å². The molecule has 6 fully saturated rings. The van der Waals surface area contributed by atoms with Gasteiger partial charge in [0, 0.05) is 12.0 Å². The van der Waals surface area contributed by atoms with Crippen LogP contribution in [-0.4, -0.2) is 54.3 Å². The van der Waals surface area contributed by atoms with Gasteiger partial charge in [-0.2, -0.15) is 0 Å². The molecule has 0 aromatic heterocycles. The molecule has 0 radical (unpaired) electrons. The van der Waals surface area contributed by atoms with Crippen molar-refractivity contribution in [1.82, 2.24) is 0 Å². The van der Waals surface area contributed by atoms with E-state index < -0.39 is 5.97 Å². The van der Waals surface area contributed by atoms with Crippen molar-refractivity contribution in [3.8, 4) is 0 Å². The highest BCUT2D eigenvalue weighted by atomic mass is 16.5. The van der Waals surface area contributed by atoms with Gasteiger partial charge in [0.2, 0.25) is 0 Å². The highest BCUT2D eigenvalue weighted by Crippen LogP contribution is 2.65. The van der Waals surface area contributed by atoms with E-state index in [2.05, 4.69) is 13.8 Å². The average Bonchev–Trinajstić information content (AvgIpc) is 2.81. The first-order valence-electron chi connectivity index (χ1n) is 15.8. The van der Waals surface area contributed by atoms with Crippen molar-refractivity contribution < 1.29 is 28.8 Å². The standard InChI is InChI=1S/C32H52O6/c1-4-8-30(12-16-37-30)10-6-14-35-27(24(3)28(33)34)29-19-25-18-26(20-29)22-32(21-25,23-29)36-15-7-11-31(9-5-2)13-17-38-31/h25-26H,4-23H2,1-3H3,(H,33,34). The fourth-order valence-electron chi connectivity index (χ4n) is 9.35. The van der Waals surface area contributed by atoms with Crippen LogP contribution in [0.25, 0.3) is 0 Å². The molecule has 216 valence electrons. The Balaban J connectivity index is 1.23. The monoisotopic (exact) mass is 532 g/mol. The molecule has 6 nitrogen and oxygen atoms in total. The molecule has 0 aromatic rings. The third-order valence-electron chi connectivity index (χ3n) is 10.7. The quantitative estimate of drug-likeness (QED) is 0.129. The first-order valence-corrected chi connectivity index (χ1v) is 15.8. The lowest BCUT2D eigenvalue weighted by molar-refractivity contribution is -0.198. The summed E-state index contributed by atoms with van der Waals surface area (Å²) in [6.07, 6.45) is 17.4. The zero-order valence-corrected chi connectivity index (χ0v) is 24.3. The van der Waals surface area contributed by atoms with Gasteiger partial charge >= 0.3 is 5.97 Å². The van der Waals surface area contributed by atoms with E-state index in [9.17, 15) is 9.90 Å². The van der Waals surface area contributed by atoms with E-state index in [4.69, 9.17) is 18.9 Å². The Bertz CT molecular complexity index is 855. The van der Waals surface area contributed by atoms with Crippen LogP contribution in [0.2, 0.25) is 0 Å². The van der Waals surface area contributed by atoms with Gasteiger partial charge in [-0.3, -0.25) is 0 Å². The van der Waals surface area contributed by atoms with Crippen molar-refractivity contribution in [2.75, 3.05) is 26.4 Å². The lowest BCUT2D eigenvalue weighted by Crippen LogP contribution is -2.58. The molecule has 1 N–H and O–H groups in total. The molecular formula is C32H52O6. The second-order valence-corrected chi connectivity index (χ2v) is 13.7. The van der Waals surface area contributed by atoms with Crippen molar-refractivity contribution in [2.45, 2.75) is 140 Å². The Hall–Kier alpha value is -1.11. The summed E-state index contributed by atoms with van der Waals surface area (Å²) in [6.45, 7) is 9.33. The SMILES string of the molecule is CCCC1(CCCOC(=C(C)C(=O)O)C23CC4CC(CC(OCCCC5(CCC)CCO5)(C4)C2)C3)CCO1. The summed E-state index contributed by atoms with van der Waals surface area (Å²) >= 11 is 0.